The second-order valence-corrected chi connectivity index (χ2v) is 7.38. The molecule has 1 heterocycles. The number of rotatable bonds is 9. The van der Waals surface area contributed by atoms with E-state index in [0.29, 0.717) is 36.9 Å². The van der Waals surface area contributed by atoms with Crippen molar-refractivity contribution in [2.24, 2.45) is 4.99 Å². The first kappa shape index (κ1) is 26.2. The Hall–Kier alpha value is -3.01. The molecule has 3 aromatic rings. The Labute approximate surface area is 212 Å². The molecule has 0 saturated carbocycles. The van der Waals surface area contributed by atoms with Crippen LogP contribution < -0.4 is 20.7 Å². The molecule has 0 aliphatic carbocycles. The van der Waals surface area contributed by atoms with E-state index in [2.05, 4.69) is 33.9 Å². The van der Waals surface area contributed by atoms with Crippen molar-refractivity contribution in [1.29, 1.82) is 0 Å². The molecule has 176 valence electrons. The third kappa shape index (κ3) is 8.12. The molecule has 2 aromatic carbocycles. The van der Waals surface area contributed by atoms with E-state index in [1.807, 2.05) is 36.4 Å². The summed E-state index contributed by atoms with van der Waals surface area (Å²) in [7, 11) is 3.43. The molecule has 3 rings (SSSR count). The highest BCUT2D eigenvalue weighted by Crippen LogP contribution is 2.19. The number of aryl methyl sites for hydroxylation is 1. The Balaban J connectivity index is 0.00000385. The highest BCUT2D eigenvalue weighted by atomic mass is 127. The van der Waals surface area contributed by atoms with Crippen molar-refractivity contribution in [3.05, 3.63) is 88.9 Å². The number of ether oxygens (including phenoxy) is 1. The summed E-state index contributed by atoms with van der Waals surface area (Å²) in [6.45, 7) is 3.69. The predicted octanol–water partition coefficient (Wildman–Crippen LogP) is 4.05. The van der Waals surface area contributed by atoms with Crippen LogP contribution in [0.5, 0.6) is 5.75 Å². The lowest BCUT2D eigenvalue weighted by Gasteiger charge is -2.14. The van der Waals surface area contributed by atoms with Gasteiger partial charge in [-0.15, -0.1) is 24.0 Å². The fraction of sp³-hybridized carbons (Fsp3) is 0.280. The van der Waals surface area contributed by atoms with Gasteiger partial charge in [0.25, 0.3) is 5.91 Å². The molecule has 0 aliphatic heterocycles. The summed E-state index contributed by atoms with van der Waals surface area (Å²) in [5.41, 5.74) is 3.95. The number of hydrogen-bond acceptors (Lipinski definition) is 4. The molecule has 33 heavy (non-hydrogen) atoms. The first-order valence-corrected chi connectivity index (χ1v) is 10.6. The number of nitrogens with zero attached hydrogens (tertiary/aromatic N) is 1. The fourth-order valence-electron chi connectivity index (χ4n) is 3.33. The van der Waals surface area contributed by atoms with Crippen LogP contribution in [0, 0.1) is 6.92 Å². The number of benzene rings is 2. The van der Waals surface area contributed by atoms with Crippen LogP contribution in [-0.4, -0.2) is 32.6 Å². The monoisotopic (exact) mass is 562 g/mol. The van der Waals surface area contributed by atoms with Crippen molar-refractivity contribution in [3.63, 3.8) is 0 Å². The van der Waals surface area contributed by atoms with E-state index in [4.69, 9.17) is 9.15 Å². The highest BCUT2D eigenvalue weighted by Gasteiger charge is 2.08. The zero-order valence-electron chi connectivity index (χ0n) is 19.2. The van der Waals surface area contributed by atoms with Crippen LogP contribution >= 0.6 is 24.0 Å². The summed E-state index contributed by atoms with van der Waals surface area (Å²) in [5.74, 6) is 2.17. The van der Waals surface area contributed by atoms with E-state index < -0.39 is 0 Å². The summed E-state index contributed by atoms with van der Waals surface area (Å²) in [6.07, 6.45) is 2.41. The van der Waals surface area contributed by atoms with Crippen molar-refractivity contribution in [3.8, 4) is 5.75 Å². The van der Waals surface area contributed by atoms with Gasteiger partial charge >= 0.3 is 0 Å². The zero-order valence-corrected chi connectivity index (χ0v) is 21.5. The Morgan fingerprint density at radius 2 is 1.88 bits per heavy atom. The average Bonchev–Trinajstić information content (AvgIpc) is 3.34. The van der Waals surface area contributed by atoms with Crippen LogP contribution in [0.4, 0.5) is 0 Å². The Morgan fingerprint density at radius 1 is 1.03 bits per heavy atom. The number of methoxy groups -OCH3 is 1. The van der Waals surface area contributed by atoms with Gasteiger partial charge < -0.3 is 25.1 Å². The number of amides is 1. The van der Waals surface area contributed by atoms with Crippen molar-refractivity contribution < 1.29 is 13.9 Å². The highest BCUT2D eigenvalue weighted by molar-refractivity contribution is 14.0. The first-order chi connectivity index (χ1) is 15.6. The molecule has 0 bridgehead atoms. The Bertz CT molecular complexity index is 1050. The average molecular weight is 562 g/mol. The predicted molar refractivity (Wildman–Crippen MR) is 141 cm³/mol. The number of carbonyl (C=O) groups excluding carboxylic acids is 1. The third-order valence-electron chi connectivity index (χ3n) is 5.00. The van der Waals surface area contributed by atoms with Crippen LogP contribution in [-0.2, 0) is 19.5 Å². The molecule has 0 fully saturated rings. The lowest BCUT2D eigenvalue weighted by atomic mass is 10.1. The van der Waals surface area contributed by atoms with E-state index in [-0.39, 0.29) is 29.9 Å². The minimum atomic E-state index is -0.141. The van der Waals surface area contributed by atoms with Crippen molar-refractivity contribution in [2.45, 2.75) is 26.4 Å². The summed E-state index contributed by atoms with van der Waals surface area (Å²) in [6, 6.07) is 17.3. The molecule has 0 radical (unpaired) electrons. The van der Waals surface area contributed by atoms with Gasteiger partial charge in [0, 0.05) is 25.7 Å². The third-order valence-corrected chi connectivity index (χ3v) is 5.00. The van der Waals surface area contributed by atoms with Gasteiger partial charge in [0.15, 0.2) is 5.96 Å². The van der Waals surface area contributed by atoms with Gasteiger partial charge in [-0.05, 0) is 54.8 Å². The van der Waals surface area contributed by atoms with Gasteiger partial charge in [-0.2, -0.15) is 0 Å². The molecule has 1 amide bonds. The topological polar surface area (TPSA) is 87.9 Å². The van der Waals surface area contributed by atoms with Crippen LogP contribution in [0.25, 0.3) is 0 Å². The molecule has 0 spiro atoms. The number of halogens is 1. The largest absolute Gasteiger partial charge is 0.496 e. The summed E-state index contributed by atoms with van der Waals surface area (Å²) in [5, 5.41) is 9.48. The molecule has 0 saturated heterocycles. The SMILES string of the molecule is CN=C(NCCc1cc(C)ccc1OC)NCc1cccc(C(=O)NCc2ccco2)c1.I. The van der Waals surface area contributed by atoms with E-state index >= 15 is 0 Å². The number of aliphatic imine (C=N–C) groups is 1. The minimum absolute atomic E-state index is 0. The Kier molecular flexibility index (Phi) is 10.8. The van der Waals surface area contributed by atoms with Gasteiger partial charge in [0.2, 0.25) is 0 Å². The van der Waals surface area contributed by atoms with Crippen LogP contribution in [0.15, 0.2) is 70.3 Å². The molecular formula is C25H31IN4O3. The van der Waals surface area contributed by atoms with Crippen molar-refractivity contribution >= 4 is 35.8 Å². The van der Waals surface area contributed by atoms with Crippen molar-refractivity contribution in [2.75, 3.05) is 20.7 Å². The molecule has 0 aliphatic rings. The second kappa shape index (κ2) is 13.5. The van der Waals surface area contributed by atoms with Gasteiger partial charge in [-0.1, -0.05) is 29.8 Å². The van der Waals surface area contributed by atoms with E-state index in [0.717, 1.165) is 23.3 Å². The molecule has 0 unspecified atom stereocenters. The van der Waals surface area contributed by atoms with Gasteiger partial charge in [-0.3, -0.25) is 9.79 Å². The summed E-state index contributed by atoms with van der Waals surface area (Å²) in [4.78, 5) is 16.7. The number of furan rings is 1. The molecule has 3 N–H and O–H groups in total. The van der Waals surface area contributed by atoms with Crippen LogP contribution in [0.1, 0.15) is 32.8 Å². The maximum Gasteiger partial charge on any atom is 0.251 e. The molecule has 1 aromatic heterocycles. The van der Waals surface area contributed by atoms with Crippen LogP contribution in [0.3, 0.4) is 0 Å². The number of guanidine groups is 1. The fourth-order valence-corrected chi connectivity index (χ4v) is 3.33. The lowest BCUT2D eigenvalue weighted by Crippen LogP contribution is -2.38. The van der Waals surface area contributed by atoms with E-state index in [1.54, 1.807) is 32.6 Å². The normalized spacial score (nSPS) is 10.8. The standard InChI is InChI=1S/C25H30N4O3.HI/c1-18-9-10-23(31-3)20(14-18)11-12-27-25(26-2)29-16-19-6-4-7-21(15-19)24(30)28-17-22-8-5-13-32-22;/h4-10,13-15H,11-12,16-17H2,1-3H3,(H,28,30)(H2,26,27,29);1H. The maximum atomic E-state index is 12.4. The molecule has 7 nitrogen and oxygen atoms in total. The van der Waals surface area contributed by atoms with Gasteiger partial charge in [0.05, 0.1) is 19.9 Å². The van der Waals surface area contributed by atoms with Gasteiger partial charge in [0.1, 0.15) is 11.5 Å². The van der Waals surface area contributed by atoms with E-state index in [9.17, 15) is 4.79 Å². The van der Waals surface area contributed by atoms with E-state index in [1.165, 1.54) is 5.56 Å². The minimum Gasteiger partial charge on any atom is -0.496 e. The van der Waals surface area contributed by atoms with Crippen molar-refractivity contribution in [1.82, 2.24) is 16.0 Å². The van der Waals surface area contributed by atoms with Crippen LogP contribution in [0.2, 0.25) is 0 Å². The zero-order chi connectivity index (χ0) is 22.8. The maximum absolute atomic E-state index is 12.4. The summed E-state index contributed by atoms with van der Waals surface area (Å²) < 4.78 is 10.7. The quantitative estimate of drug-likeness (QED) is 0.208. The second-order valence-electron chi connectivity index (χ2n) is 7.38. The number of carbonyl (C=O) groups is 1. The first-order valence-electron chi connectivity index (χ1n) is 10.6. The van der Waals surface area contributed by atoms with Gasteiger partial charge in [-0.25, -0.2) is 0 Å². The lowest BCUT2D eigenvalue weighted by molar-refractivity contribution is 0.0948. The smallest absolute Gasteiger partial charge is 0.251 e. The number of hydrogen-bond donors (Lipinski definition) is 3. The molecular weight excluding hydrogens is 531 g/mol. The molecule has 8 heteroatoms. The molecule has 0 atom stereocenters. The number of nitrogens with one attached hydrogen (secondary N) is 3. The summed E-state index contributed by atoms with van der Waals surface area (Å²) >= 11 is 0. The Morgan fingerprint density at radius 3 is 2.61 bits per heavy atom.